The maximum atomic E-state index is 9.99. The molecule has 0 saturated heterocycles. The van der Waals surface area contributed by atoms with E-state index < -0.39 is 0 Å². The second-order valence-electron chi connectivity index (χ2n) is 2.40. The molecule has 0 atom stereocenters. The SMILES string of the molecule is CSc1ccc(C#CCC=O)cc1. The molecule has 1 nitrogen and oxygen atoms in total. The number of carbonyl (C=O) groups excluding carboxylic acids is 1. The first-order valence-corrected chi connectivity index (χ1v) is 5.16. The normalized spacial score (nSPS) is 8.69. The van der Waals surface area contributed by atoms with Crippen LogP contribution in [-0.2, 0) is 4.79 Å². The molecule has 0 aliphatic heterocycles. The lowest BCUT2D eigenvalue weighted by Gasteiger charge is -1.94. The summed E-state index contributed by atoms with van der Waals surface area (Å²) in [6.07, 6.45) is 3.15. The van der Waals surface area contributed by atoms with Gasteiger partial charge in [-0.15, -0.1) is 11.8 Å². The van der Waals surface area contributed by atoms with Gasteiger partial charge in [-0.3, -0.25) is 0 Å². The van der Waals surface area contributed by atoms with Crippen LogP contribution in [0.2, 0.25) is 0 Å². The lowest BCUT2D eigenvalue weighted by atomic mass is 10.2. The summed E-state index contributed by atoms with van der Waals surface area (Å²) in [5.41, 5.74) is 0.958. The number of carbonyl (C=O) groups is 1. The zero-order chi connectivity index (χ0) is 9.52. The Morgan fingerprint density at radius 3 is 2.62 bits per heavy atom. The van der Waals surface area contributed by atoms with E-state index in [4.69, 9.17) is 0 Å². The van der Waals surface area contributed by atoms with Gasteiger partial charge in [0.25, 0.3) is 0 Å². The van der Waals surface area contributed by atoms with Crippen LogP contribution in [0.4, 0.5) is 0 Å². The van der Waals surface area contributed by atoms with Crippen molar-refractivity contribution in [3.05, 3.63) is 29.8 Å². The van der Waals surface area contributed by atoms with Gasteiger partial charge in [0, 0.05) is 10.5 Å². The average Bonchev–Trinajstić information content (AvgIpc) is 2.19. The lowest BCUT2D eigenvalue weighted by Crippen LogP contribution is -1.75. The molecule has 0 radical (unpaired) electrons. The van der Waals surface area contributed by atoms with Gasteiger partial charge in [-0.05, 0) is 30.5 Å². The molecule has 0 unspecified atom stereocenters. The average molecular weight is 190 g/mol. The largest absolute Gasteiger partial charge is 0.302 e. The molecule has 13 heavy (non-hydrogen) atoms. The molecule has 0 N–H and O–H groups in total. The third-order valence-corrected chi connectivity index (χ3v) is 2.25. The van der Waals surface area contributed by atoms with Crippen molar-refractivity contribution in [2.75, 3.05) is 6.26 Å². The molecule has 0 heterocycles. The summed E-state index contributed by atoms with van der Waals surface area (Å²) in [5.74, 6) is 5.67. The summed E-state index contributed by atoms with van der Waals surface area (Å²) in [6, 6.07) is 7.97. The van der Waals surface area contributed by atoms with E-state index in [9.17, 15) is 4.79 Å². The summed E-state index contributed by atoms with van der Waals surface area (Å²) in [6.45, 7) is 0. The number of benzene rings is 1. The van der Waals surface area contributed by atoms with Gasteiger partial charge in [0.15, 0.2) is 0 Å². The molecule has 1 aromatic carbocycles. The molecule has 0 aromatic heterocycles. The Kier molecular flexibility index (Phi) is 4.14. The van der Waals surface area contributed by atoms with Crippen LogP contribution in [0.1, 0.15) is 12.0 Å². The van der Waals surface area contributed by atoms with Gasteiger partial charge in [0.1, 0.15) is 6.29 Å². The molecule has 0 aliphatic carbocycles. The fourth-order valence-corrected chi connectivity index (χ4v) is 1.28. The Labute approximate surface area is 82.5 Å². The molecule has 0 spiro atoms. The van der Waals surface area contributed by atoms with Gasteiger partial charge < -0.3 is 4.79 Å². The van der Waals surface area contributed by atoms with Crippen molar-refractivity contribution in [2.45, 2.75) is 11.3 Å². The molecule has 1 rings (SSSR count). The number of hydrogen-bond donors (Lipinski definition) is 0. The molecule has 2 heteroatoms. The van der Waals surface area contributed by atoms with Crippen LogP contribution in [0.3, 0.4) is 0 Å². The minimum Gasteiger partial charge on any atom is -0.302 e. The van der Waals surface area contributed by atoms with Crippen LogP contribution in [-0.4, -0.2) is 12.5 Å². The maximum absolute atomic E-state index is 9.99. The van der Waals surface area contributed by atoms with Crippen LogP contribution in [0, 0.1) is 11.8 Å². The summed E-state index contributed by atoms with van der Waals surface area (Å²) >= 11 is 1.70. The zero-order valence-electron chi connectivity index (χ0n) is 7.41. The van der Waals surface area contributed by atoms with Gasteiger partial charge in [-0.25, -0.2) is 0 Å². The van der Waals surface area contributed by atoms with Crippen molar-refractivity contribution < 1.29 is 4.79 Å². The van der Waals surface area contributed by atoms with E-state index >= 15 is 0 Å². The van der Waals surface area contributed by atoms with Crippen molar-refractivity contribution in [1.29, 1.82) is 0 Å². The molecular formula is C11H10OS. The van der Waals surface area contributed by atoms with Gasteiger partial charge in [0.2, 0.25) is 0 Å². The molecule has 0 saturated carbocycles. The monoisotopic (exact) mass is 190 g/mol. The predicted octanol–water partition coefficient (Wildman–Crippen LogP) is 2.35. The number of aldehydes is 1. The summed E-state index contributed by atoms with van der Waals surface area (Å²) in [4.78, 5) is 11.2. The zero-order valence-corrected chi connectivity index (χ0v) is 8.23. The minimum absolute atomic E-state index is 0.310. The van der Waals surface area contributed by atoms with E-state index in [1.165, 1.54) is 4.90 Å². The van der Waals surface area contributed by atoms with Gasteiger partial charge in [-0.2, -0.15) is 0 Å². The Hall–Kier alpha value is -1.20. The van der Waals surface area contributed by atoms with E-state index in [1.54, 1.807) is 11.8 Å². The lowest BCUT2D eigenvalue weighted by molar-refractivity contribution is -0.107. The summed E-state index contributed by atoms with van der Waals surface area (Å²) in [7, 11) is 0. The van der Waals surface area contributed by atoms with Gasteiger partial charge in [-0.1, -0.05) is 11.8 Å². The second kappa shape index (κ2) is 5.45. The number of hydrogen-bond acceptors (Lipinski definition) is 2. The van der Waals surface area contributed by atoms with Crippen molar-refractivity contribution in [3.63, 3.8) is 0 Å². The first-order chi connectivity index (χ1) is 6.36. The molecule has 1 aromatic rings. The topological polar surface area (TPSA) is 17.1 Å². The van der Waals surface area contributed by atoms with E-state index in [1.807, 2.05) is 30.5 Å². The van der Waals surface area contributed by atoms with Crippen molar-refractivity contribution in [2.24, 2.45) is 0 Å². The molecule has 0 aliphatic rings. The van der Waals surface area contributed by atoms with Gasteiger partial charge >= 0.3 is 0 Å². The minimum atomic E-state index is 0.310. The highest BCUT2D eigenvalue weighted by Gasteiger charge is 1.88. The van der Waals surface area contributed by atoms with Crippen molar-refractivity contribution >= 4 is 18.0 Å². The Morgan fingerprint density at radius 1 is 1.38 bits per heavy atom. The molecule has 66 valence electrons. The summed E-state index contributed by atoms with van der Waals surface area (Å²) < 4.78 is 0. The van der Waals surface area contributed by atoms with Crippen LogP contribution < -0.4 is 0 Å². The molecule has 0 bridgehead atoms. The van der Waals surface area contributed by atoms with Crippen molar-refractivity contribution in [3.8, 4) is 11.8 Å². The second-order valence-corrected chi connectivity index (χ2v) is 3.28. The van der Waals surface area contributed by atoms with Crippen molar-refractivity contribution in [1.82, 2.24) is 0 Å². The standard InChI is InChI=1S/C11H10OS/c1-13-11-7-5-10(6-8-11)4-2-3-9-12/h5-9H,3H2,1H3. The van der Waals surface area contributed by atoms with E-state index in [2.05, 4.69) is 11.8 Å². The quantitative estimate of drug-likeness (QED) is 0.404. The maximum Gasteiger partial charge on any atom is 0.131 e. The Morgan fingerprint density at radius 2 is 2.08 bits per heavy atom. The fourth-order valence-electron chi connectivity index (χ4n) is 0.869. The Balaban J connectivity index is 2.70. The highest BCUT2D eigenvalue weighted by Crippen LogP contribution is 2.14. The number of rotatable bonds is 2. The van der Waals surface area contributed by atoms with E-state index in [0.717, 1.165) is 11.8 Å². The smallest absolute Gasteiger partial charge is 0.131 e. The third-order valence-electron chi connectivity index (χ3n) is 1.51. The highest BCUT2D eigenvalue weighted by atomic mass is 32.2. The first kappa shape index (κ1) is 9.88. The van der Waals surface area contributed by atoms with Crippen LogP contribution in [0.15, 0.2) is 29.2 Å². The fraction of sp³-hybridized carbons (Fsp3) is 0.182. The Bertz CT molecular complexity index is 329. The summed E-state index contributed by atoms with van der Waals surface area (Å²) in [5, 5.41) is 0. The van der Waals surface area contributed by atoms with Crippen LogP contribution >= 0.6 is 11.8 Å². The number of thioether (sulfide) groups is 1. The van der Waals surface area contributed by atoms with Crippen LogP contribution in [0.25, 0.3) is 0 Å². The van der Waals surface area contributed by atoms with E-state index in [-0.39, 0.29) is 0 Å². The highest BCUT2D eigenvalue weighted by molar-refractivity contribution is 7.98. The molecule has 0 fully saturated rings. The molecular weight excluding hydrogens is 180 g/mol. The van der Waals surface area contributed by atoms with Crippen LogP contribution in [0.5, 0.6) is 0 Å². The predicted molar refractivity (Wildman–Crippen MR) is 55.8 cm³/mol. The third kappa shape index (κ3) is 3.35. The van der Waals surface area contributed by atoms with Gasteiger partial charge in [0.05, 0.1) is 6.42 Å². The van der Waals surface area contributed by atoms with E-state index in [0.29, 0.717) is 6.42 Å². The first-order valence-electron chi connectivity index (χ1n) is 3.93. The molecule has 0 amide bonds.